The van der Waals surface area contributed by atoms with Crippen molar-refractivity contribution in [1.82, 2.24) is 14.7 Å². The van der Waals surface area contributed by atoms with Gasteiger partial charge in [-0.05, 0) is 16.8 Å². The van der Waals surface area contributed by atoms with E-state index in [1.165, 1.54) is 0 Å². The first-order chi connectivity index (χ1) is 10.8. The minimum absolute atomic E-state index is 0.0758. The van der Waals surface area contributed by atoms with Crippen molar-refractivity contribution >= 4 is 33.0 Å². The average Bonchev–Trinajstić information content (AvgIpc) is 3.13. The number of imidazole rings is 1. The SMILES string of the molecule is O=C(NCc1cn2ccsc2n1)c1cccc2ccccc12. The van der Waals surface area contributed by atoms with Gasteiger partial charge in [0.05, 0.1) is 12.2 Å². The highest BCUT2D eigenvalue weighted by molar-refractivity contribution is 7.15. The molecule has 0 spiro atoms. The minimum Gasteiger partial charge on any atom is -0.346 e. The zero-order chi connectivity index (χ0) is 14.9. The lowest BCUT2D eigenvalue weighted by Gasteiger charge is -2.07. The first kappa shape index (κ1) is 13.0. The fraction of sp³-hybridized carbons (Fsp3) is 0.0588. The van der Waals surface area contributed by atoms with Gasteiger partial charge in [0.1, 0.15) is 0 Å². The molecular formula is C17H13N3OS. The van der Waals surface area contributed by atoms with Gasteiger partial charge in [-0.2, -0.15) is 0 Å². The average molecular weight is 307 g/mol. The lowest BCUT2D eigenvalue weighted by atomic mass is 10.0. The van der Waals surface area contributed by atoms with E-state index in [9.17, 15) is 4.79 Å². The molecule has 0 saturated heterocycles. The van der Waals surface area contributed by atoms with Gasteiger partial charge in [0, 0.05) is 23.3 Å². The normalized spacial score (nSPS) is 11.1. The molecule has 1 N–H and O–H groups in total. The Hall–Kier alpha value is -2.66. The Balaban J connectivity index is 1.57. The molecule has 0 aliphatic heterocycles. The second kappa shape index (κ2) is 5.27. The highest BCUT2D eigenvalue weighted by atomic mass is 32.1. The third-order valence-electron chi connectivity index (χ3n) is 3.61. The first-order valence-corrected chi connectivity index (χ1v) is 7.86. The van der Waals surface area contributed by atoms with Gasteiger partial charge in [-0.1, -0.05) is 36.4 Å². The van der Waals surface area contributed by atoms with Crippen LogP contribution in [0.1, 0.15) is 16.1 Å². The summed E-state index contributed by atoms with van der Waals surface area (Å²) < 4.78 is 1.96. The predicted octanol–water partition coefficient (Wildman–Crippen LogP) is 3.48. The molecule has 4 aromatic rings. The van der Waals surface area contributed by atoms with Gasteiger partial charge in [0.2, 0.25) is 0 Å². The highest BCUT2D eigenvalue weighted by Crippen LogP contribution is 2.18. The van der Waals surface area contributed by atoms with Gasteiger partial charge >= 0.3 is 0 Å². The Morgan fingerprint density at radius 3 is 2.95 bits per heavy atom. The maximum atomic E-state index is 12.4. The maximum Gasteiger partial charge on any atom is 0.252 e. The molecule has 0 aliphatic rings. The van der Waals surface area contributed by atoms with Crippen LogP contribution in [0.2, 0.25) is 0 Å². The van der Waals surface area contributed by atoms with E-state index in [1.54, 1.807) is 11.3 Å². The van der Waals surface area contributed by atoms with Gasteiger partial charge in [0.25, 0.3) is 5.91 Å². The molecule has 4 nitrogen and oxygen atoms in total. The summed E-state index contributed by atoms with van der Waals surface area (Å²) in [6.07, 6.45) is 3.90. The summed E-state index contributed by atoms with van der Waals surface area (Å²) >= 11 is 1.58. The van der Waals surface area contributed by atoms with E-state index in [-0.39, 0.29) is 5.91 Å². The Labute approximate surface area is 131 Å². The number of carbonyl (C=O) groups excluding carboxylic acids is 1. The summed E-state index contributed by atoms with van der Waals surface area (Å²) in [4.78, 5) is 17.8. The van der Waals surface area contributed by atoms with Crippen molar-refractivity contribution in [3.63, 3.8) is 0 Å². The molecule has 1 amide bonds. The van der Waals surface area contributed by atoms with Crippen molar-refractivity contribution < 1.29 is 4.79 Å². The summed E-state index contributed by atoms with van der Waals surface area (Å²) in [6.45, 7) is 0.427. The van der Waals surface area contributed by atoms with Crippen molar-refractivity contribution in [3.8, 4) is 0 Å². The number of nitrogens with one attached hydrogen (secondary N) is 1. The first-order valence-electron chi connectivity index (χ1n) is 6.98. The van der Waals surface area contributed by atoms with Gasteiger partial charge in [-0.15, -0.1) is 11.3 Å². The van der Waals surface area contributed by atoms with Crippen LogP contribution in [0.15, 0.2) is 60.2 Å². The van der Waals surface area contributed by atoms with Crippen LogP contribution >= 0.6 is 11.3 Å². The smallest absolute Gasteiger partial charge is 0.252 e. The fourth-order valence-corrected chi connectivity index (χ4v) is 3.27. The van der Waals surface area contributed by atoms with Crippen LogP contribution in [-0.2, 0) is 6.54 Å². The molecule has 0 atom stereocenters. The predicted molar refractivity (Wildman–Crippen MR) is 88.2 cm³/mol. The molecule has 2 aromatic heterocycles. The summed E-state index contributed by atoms with van der Waals surface area (Å²) in [5.41, 5.74) is 1.56. The zero-order valence-corrected chi connectivity index (χ0v) is 12.5. The van der Waals surface area contributed by atoms with E-state index in [0.29, 0.717) is 12.1 Å². The monoisotopic (exact) mass is 307 g/mol. The molecule has 2 aromatic carbocycles. The van der Waals surface area contributed by atoms with Gasteiger partial charge in [-0.25, -0.2) is 4.98 Å². The van der Waals surface area contributed by atoms with Crippen molar-refractivity contribution in [1.29, 1.82) is 0 Å². The van der Waals surface area contributed by atoms with Gasteiger partial charge in [0.15, 0.2) is 4.96 Å². The number of thiazole rings is 1. The van der Waals surface area contributed by atoms with Gasteiger partial charge in [-0.3, -0.25) is 9.20 Å². The number of nitrogens with zero attached hydrogens (tertiary/aromatic N) is 2. The lowest BCUT2D eigenvalue weighted by molar-refractivity contribution is 0.0952. The van der Waals surface area contributed by atoms with E-state index >= 15 is 0 Å². The third-order valence-corrected chi connectivity index (χ3v) is 4.38. The number of hydrogen-bond acceptors (Lipinski definition) is 3. The van der Waals surface area contributed by atoms with Crippen molar-refractivity contribution in [2.24, 2.45) is 0 Å². The molecule has 0 fully saturated rings. The Morgan fingerprint density at radius 2 is 2.05 bits per heavy atom. The number of fused-ring (bicyclic) bond motifs is 2. The molecule has 0 bridgehead atoms. The molecule has 0 aliphatic carbocycles. The molecule has 5 heteroatoms. The Morgan fingerprint density at radius 1 is 1.18 bits per heavy atom. The van der Waals surface area contributed by atoms with Gasteiger partial charge < -0.3 is 5.32 Å². The quantitative estimate of drug-likeness (QED) is 0.630. The third kappa shape index (κ3) is 2.25. The fourth-order valence-electron chi connectivity index (χ4n) is 2.55. The number of amides is 1. The van der Waals surface area contributed by atoms with Crippen LogP contribution in [-0.4, -0.2) is 15.3 Å². The Bertz CT molecular complexity index is 936. The highest BCUT2D eigenvalue weighted by Gasteiger charge is 2.10. The van der Waals surface area contributed by atoms with E-state index in [4.69, 9.17) is 0 Å². The molecule has 2 heterocycles. The number of aromatic nitrogens is 2. The zero-order valence-electron chi connectivity index (χ0n) is 11.7. The standard InChI is InChI=1S/C17H13N3OS/c21-16(15-7-3-5-12-4-1-2-6-14(12)15)18-10-13-11-20-8-9-22-17(20)19-13/h1-9,11H,10H2,(H,18,21). The molecule has 0 saturated carbocycles. The second-order valence-corrected chi connectivity index (χ2v) is 5.91. The van der Waals surface area contributed by atoms with E-state index in [2.05, 4.69) is 10.3 Å². The summed E-state index contributed by atoms with van der Waals surface area (Å²) in [5.74, 6) is -0.0758. The van der Waals surface area contributed by atoms with E-state index < -0.39 is 0 Å². The van der Waals surface area contributed by atoms with Crippen LogP contribution in [0.4, 0.5) is 0 Å². The van der Waals surface area contributed by atoms with Crippen LogP contribution in [0.25, 0.3) is 15.7 Å². The summed E-state index contributed by atoms with van der Waals surface area (Å²) in [5, 5.41) is 6.97. The van der Waals surface area contributed by atoms with Crippen LogP contribution in [0, 0.1) is 0 Å². The van der Waals surface area contributed by atoms with Crippen molar-refractivity contribution in [2.45, 2.75) is 6.54 Å². The summed E-state index contributed by atoms with van der Waals surface area (Å²) in [6, 6.07) is 13.7. The van der Waals surface area contributed by atoms with Crippen LogP contribution in [0.5, 0.6) is 0 Å². The van der Waals surface area contributed by atoms with Crippen LogP contribution in [0.3, 0.4) is 0 Å². The number of carbonyl (C=O) groups is 1. The molecule has 22 heavy (non-hydrogen) atoms. The Kier molecular flexibility index (Phi) is 3.12. The maximum absolute atomic E-state index is 12.4. The number of rotatable bonds is 3. The largest absolute Gasteiger partial charge is 0.346 e. The molecular weight excluding hydrogens is 294 g/mol. The van der Waals surface area contributed by atoms with Crippen LogP contribution < -0.4 is 5.32 Å². The molecule has 0 radical (unpaired) electrons. The van der Waals surface area contributed by atoms with E-state index in [0.717, 1.165) is 21.4 Å². The molecule has 4 rings (SSSR count). The van der Waals surface area contributed by atoms with E-state index in [1.807, 2.05) is 64.6 Å². The topological polar surface area (TPSA) is 46.4 Å². The van der Waals surface area contributed by atoms with Crippen molar-refractivity contribution in [3.05, 3.63) is 71.5 Å². The minimum atomic E-state index is -0.0758. The number of hydrogen-bond donors (Lipinski definition) is 1. The lowest BCUT2D eigenvalue weighted by Crippen LogP contribution is -2.23. The second-order valence-electron chi connectivity index (χ2n) is 5.03. The molecule has 108 valence electrons. The summed E-state index contributed by atoms with van der Waals surface area (Å²) in [7, 11) is 0. The van der Waals surface area contributed by atoms with Crippen molar-refractivity contribution in [2.75, 3.05) is 0 Å². The molecule has 0 unspecified atom stereocenters. The number of benzene rings is 2.